The lowest BCUT2D eigenvalue weighted by Crippen LogP contribution is -2.35. The van der Waals surface area contributed by atoms with Crippen LogP contribution < -0.4 is 10.6 Å². The summed E-state index contributed by atoms with van der Waals surface area (Å²) in [5, 5.41) is -0.172. The van der Waals surface area contributed by atoms with Crippen LogP contribution in [0.4, 0.5) is 10.5 Å². The fourth-order valence-corrected chi connectivity index (χ4v) is 4.34. The Morgan fingerprint density at radius 2 is 2.04 bits per heavy atom. The number of hydrogen-bond donors (Lipinski definition) is 1. The average molecular weight is 336 g/mol. The Labute approximate surface area is 144 Å². The van der Waals surface area contributed by atoms with Gasteiger partial charge in [-0.1, -0.05) is 36.0 Å². The Hall–Kier alpha value is -2.66. The molecule has 1 aromatic heterocycles. The molecule has 5 heteroatoms. The maximum atomic E-state index is 12.1. The molecule has 0 aliphatic carbocycles. The number of primary amides is 1. The molecule has 120 valence electrons. The second-order valence-electron chi connectivity index (χ2n) is 5.75. The quantitative estimate of drug-likeness (QED) is 0.720. The number of anilines is 1. The first-order chi connectivity index (χ1) is 11.6. The van der Waals surface area contributed by atoms with E-state index >= 15 is 0 Å². The van der Waals surface area contributed by atoms with E-state index in [1.54, 1.807) is 22.9 Å². The Kier molecular flexibility index (Phi) is 3.58. The van der Waals surface area contributed by atoms with E-state index < -0.39 is 6.03 Å². The molecule has 4 rings (SSSR count). The smallest absolute Gasteiger partial charge is 0.320 e. The number of fused-ring (bicyclic) bond motifs is 1. The van der Waals surface area contributed by atoms with Crippen LogP contribution >= 0.6 is 11.8 Å². The van der Waals surface area contributed by atoms with Crippen LogP contribution in [0.3, 0.4) is 0 Å². The third kappa shape index (κ3) is 2.47. The van der Waals surface area contributed by atoms with Crippen LogP contribution in [-0.4, -0.2) is 6.03 Å². The van der Waals surface area contributed by atoms with Gasteiger partial charge in [0.25, 0.3) is 0 Å². The molecule has 0 spiro atoms. The largest absolute Gasteiger partial charge is 0.464 e. The number of amides is 2. The van der Waals surface area contributed by atoms with Crippen molar-refractivity contribution >= 4 is 23.5 Å². The van der Waals surface area contributed by atoms with Crippen molar-refractivity contribution in [3.05, 3.63) is 72.0 Å². The topological polar surface area (TPSA) is 59.5 Å². The standard InChI is InChI=1S/C19H16N2O2S/c1-12-7-8-15-17(10-12)24-18(21(15)19(20)22)14-5-2-4-13(11-14)16-6-3-9-23-16/h2-11,18H,1H3,(H2,20,22). The normalized spacial score (nSPS) is 16.2. The van der Waals surface area contributed by atoms with E-state index in [-0.39, 0.29) is 5.37 Å². The van der Waals surface area contributed by atoms with Gasteiger partial charge in [-0.05, 0) is 48.4 Å². The maximum Gasteiger partial charge on any atom is 0.320 e. The molecular formula is C19H16N2O2S. The Morgan fingerprint density at radius 1 is 1.17 bits per heavy atom. The van der Waals surface area contributed by atoms with Crippen LogP contribution in [-0.2, 0) is 0 Å². The molecule has 4 nitrogen and oxygen atoms in total. The van der Waals surface area contributed by atoms with Gasteiger partial charge >= 0.3 is 6.03 Å². The summed E-state index contributed by atoms with van der Waals surface area (Å²) < 4.78 is 5.48. The van der Waals surface area contributed by atoms with Crippen molar-refractivity contribution in [2.75, 3.05) is 4.90 Å². The molecule has 3 aromatic rings. The molecule has 2 aromatic carbocycles. The number of nitrogens with zero attached hydrogens (tertiary/aromatic N) is 1. The third-order valence-electron chi connectivity index (χ3n) is 4.06. The van der Waals surface area contributed by atoms with Crippen LogP contribution in [0.2, 0.25) is 0 Å². The molecular weight excluding hydrogens is 320 g/mol. The van der Waals surface area contributed by atoms with E-state index in [1.807, 2.05) is 55.5 Å². The average Bonchev–Trinajstić information content (AvgIpc) is 3.22. The minimum Gasteiger partial charge on any atom is -0.464 e. The Balaban J connectivity index is 1.77. The molecule has 0 fully saturated rings. The predicted molar refractivity (Wildman–Crippen MR) is 96.0 cm³/mol. The summed E-state index contributed by atoms with van der Waals surface area (Å²) in [4.78, 5) is 14.8. The lowest BCUT2D eigenvalue weighted by Gasteiger charge is -2.23. The highest BCUT2D eigenvalue weighted by Gasteiger charge is 2.34. The number of urea groups is 1. The van der Waals surface area contributed by atoms with Gasteiger partial charge in [-0.15, -0.1) is 0 Å². The molecule has 2 N–H and O–H groups in total. The number of thioether (sulfide) groups is 1. The van der Waals surface area contributed by atoms with E-state index in [4.69, 9.17) is 10.2 Å². The van der Waals surface area contributed by atoms with Crippen molar-refractivity contribution in [1.82, 2.24) is 0 Å². The molecule has 0 bridgehead atoms. The molecule has 1 unspecified atom stereocenters. The van der Waals surface area contributed by atoms with E-state index in [0.717, 1.165) is 33.0 Å². The number of furan rings is 1. The zero-order valence-corrected chi connectivity index (χ0v) is 13.9. The van der Waals surface area contributed by atoms with Crippen LogP contribution in [0.15, 0.2) is 70.2 Å². The van der Waals surface area contributed by atoms with Crippen molar-refractivity contribution in [1.29, 1.82) is 0 Å². The van der Waals surface area contributed by atoms with Gasteiger partial charge in [-0.25, -0.2) is 4.79 Å². The number of benzene rings is 2. The van der Waals surface area contributed by atoms with Gasteiger partial charge in [0.15, 0.2) is 0 Å². The SMILES string of the molecule is Cc1ccc2c(c1)SC(c1cccc(-c3ccco3)c1)N2C(N)=O. The van der Waals surface area contributed by atoms with Crippen molar-refractivity contribution in [2.45, 2.75) is 17.2 Å². The highest BCUT2D eigenvalue weighted by Crippen LogP contribution is 2.51. The van der Waals surface area contributed by atoms with Gasteiger partial charge in [-0.3, -0.25) is 4.90 Å². The summed E-state index contributed by atoms with van der Waals surface area (Å²) in [6, 6.07) is 17.4. The number of hydrogen-bond acceptors (Lipinski definition) is 3. The summed E-state index contributed by atoms with van der Waals surface area (Å²) in [7, 11) is 0. The van der Waals surface area contributed by atoms with Gasteiger partial charge in [0.05, 0.1) is 12.0 Å². The van der Waals surface area contributed by atoms with Crippen LogP contribution in [0.1, 0.15) is 16.5 Å². The molecule has 0 saturated carbocycles. The fourth-order valence-electron chi connectivity index (χ4n) is 2.95. The van der Waals surface area contributed by atoms with Crippen molar-refractivity contribution in [3.8, 4) is 11.3 Å². The first kappa shape index (κ1) is 14.9. The number of carbonyl (C=O) groups is 1. The first-order valence-electron chi connectivity index (χ1n) is 7.63. The maximum absolute atomic E-state index is 12.1. The first-order valence-corrected chi connectivity index (χ1v) is 8.51. The number of carbonyl (C=O) groups excluding carboxylic acids is 1. The van der Waals surface area contributed by atoms with Gasteiger partial charge < -0.3 is 10.2 Å². The van der Waals surface area contributed by atoms with Crippen LogP contribution in [0.25, 0.3) is 11.3 Å². The Bertz CT molecular complexity index is 905. The number of nitrogens with two attached hydrogens (primary N) is 1. The summed E-state index contributed by atoms with van der Waals surface area (Å²) in [6.45, 7) is 2.04. The van der Waals surface area contributed by atoms with E-state index in [9.17, 15) is 4.79 Å². The molecule has 2 amide bonds. The van der Waals surface area contributed by atoms with Gasteiger partial charge in [0.2, 0.25) is 0 Å². The highest BCUT2D eigenvalue weighted by molar-refractivity contribution is 8.00. The summed E-state index contributed by atoms with van der Waals surface area (Å²) in [5.41, 5.74) is 9.69. The molecule has 2 heterocycles. The molecule has 1 atom stereocenters. The van der Waals surface area contributed by atoms with Gasteiger partial charge in [0, 0.05) is 10.5 Å². The zero-order chi connectivity index (χ0) is 16.7. The predicted octanol–water partition coefficient (Wildman–Crippen LogP) is 4.94. The lowest BCUT2D eigenvalue weighted by atomic mass is 10.1. The third-order valence-corrected chi connectivity index (χ3v) is 5.35. The second-order valence-corrected chi connectivity index (χ2v) is 6.87. The zero-order valence-electron chi connectivity index (χ0n) is 13.1. The monoisotopic (exact) mass is 336 g/mol. The fraction of sp³-hybridized carbons (Fsp3) is 0.105. The van der Waals surface area contributed by atoms with Crippen LogP contribution in [0, 0.1) is 6.92 Å². The van der Waals surface area contributed by atoms with Crippen molar-refractivity contribution in [3.63, 3.8) is 0 Å². The van der Waals surface area contributed by atoms with E-state index in [1.165, 1.54) is 0 Å². The van der Waals surface area contributed by atoms with E-state index in [2.05, 4.69) is 6.07 Å². The molecule has 24 heavy (non-hydrogen) atoms. The summed E-state index contributed by atoms with van der Waals surface area (Å²) in [5.74, 6) is 0.804. The van der Waals surface area contributed by atoms with Gasteiger partial charge in [-0.2, -0.15) is 0 Å². The van der Waals surface area contributed by atoms with Crippen molar-refractivity contribution in [2.24, 2.45) is 5.73 Å². The summed E-state index contributed by atoms with van der Waals surface area (Å²) >= 11 is 1.64. The minimum absolute atomic E-state index is 0.172. The van der Waals surface area contributed by atoms with Gasteiger partial charge in [0.1, 0.15) is 11.1 Å². The molecule has 1 aliphatic heterocycles. The molecule has 1 aliphatic rings. The van der Waals surface area contributed by atoms with Crippen molar-refractivity contribution < 1.29 is 9.21 Å². The Morgan fingerprint density at radius 3 is 2.79 bits per heavy atom. The van der Waals surface area contributed by atoms with Crippen LogP contribution in [0.5, 0.6) is 0 Å². The molecule has 0 radical (unpaired) electrons. The molecule has 0 saturated heterocycles. The number of aryl methyl sites for hydroxylation is 1. The summed E-state index contributed by atoms with van der Waals surface area (Å²) in [6.07, 6.45) is 1.65. The second kappa shape index (κ2) is 5.76. The minimum atomic E-state index is -0.446. The number of rotatable bonds is 2. The lowest BCUT2D eigenvalue weighted by molar-refractivity contribution is 0.253. The highest BCUT2D eigenvalue weighted by atomic mass is 32.2. The van der Waals surface area contributed by atoms with E-state index in [0.29, 0.717) is 0 Å².